The first-order valence-electron chi connectivity index (χ1n) is 15.0. The largest absolute Gasteiger partial charge is 0.354 e. The lowest BCUT2D eigenvalue weighted by molar-refractivity contribution is 0.627. The predicted molar refractivity (Wildman–Crippen MR) is 185 cm³/mol. The number of allylic oxidation sites excluding steroid dienone is 1. The third-order valence-corrected chi connectivity index (χ3v) is 8.47. The molecule has 0 aliphatic carbocycles. The van der Waals surface area contributed by atoms with Crippen molar-refractivity contribution in [1.82, 2.24) is 9.88 Å². The van der Waals surface area contributed by atoms with Crippen LogP contribution in [0, 0.1) is 11.2 Å². The lowest BCUT2D eigenvalue weighted by atomic mass is 9.87. The zero-order chi connectivity index (χ0) is 30.3. The maximum atomic E-state index is 14.9. The van der Waals surface area contributed by atoms with Crippen LogP contribution in [0.1, 0.15) is 27.8 Å². The third-order valence-electron chi connectivity index (χ3n) is 8.47. The first kappa shape index (κ1) is 26.6. The van der Waals surface area contributed by atoms with E-state index in [2.05, 4.69) is 76.6 Å². The molecule has 2 heterocycles. The number of hydrogen-bond acceptors (Lipinski definition) is 2. The fourth-order valence-electron chi connectivity index (χ4n) is 6.38. The molecule has 0 atom stereocenters. The van der Waals surface area contributed by atoms with Gasteiger partial charge in [-0.05, 0) is 59.2 Å². The minimum Gasteiger partial charge on any atom is -0.354 e. The van der Waals surface area contributed by atoms with Crippen LogP contribution in [0.5, 0.6) is 0 Å². The zero-order valence-corrected chi connectivity index (χ0v) is 24.3. The van der Waals surface area contributed by atoms with Crippen LogP contribution in [0.4, 0.5) is 4.39 Å². The number of nitrogens with zero attached hydrogens (tertiary/aromatic N) is 1. The average molecular weight is 582 g/mol. The molecule has 4 heteroatoms. The molecule has 0 saturated carbocycles. The van der Waals surface area contributed by atoms with Crippen LogP contribution in [-0.2, 0) is 0 Å². The molecule has 7 aromatic rings. The lowest BCUT2D eigenvalue weighted by Gasteiger charge is -2.26. The fraction of sp³-hybridized carbons (Fsp3) is 0. The van der Waals surface area contributed by atoms with Gasteiger partial charge in [-0.15, -0.1) is 0 Å². The van der Waals surface area contributed by atoms with E-state index < -0.39 is 0 Å². The van der Waals surface area contributed by atoms with Gasteiger partial charge in [-0.1, -0.05) is 115 Å². The highest BCUT2D eigenvalue weighted by atomic mass is 19.1. The highest BCUT2D eigenvalue weighted by molar-refractivity contribution is 6.36. The normalized spacial score (nSPS) is 13.7. The highest BCUT2D eigenvalue weighted by Crippen LogP contribution is 2.39. The number of para-hydroxylation sites is 2. The SMILES string of the molecule is N=C(/C(=C1\NC(c2ccccc2)=Cc2ccc(F)cc21)c1ccc2c3ccccc3n(-c3ccccc3)c2c1)c1ccccc1. The van der Waals surface area contributed by atoms with Gasteiger partial charge in [-0.25, -0.2) is 4.39 Å². The van der Waals surface area contributed by atoms with Gasteiger partial charge in [-0.3, -0.25) is 5.41 Å². The number of fused-ring (bicyclic) bond motifs is 4. The molecular formula is C41H28FN3. The molecule has 1 aliphatic heterocycles. The second kappa shape index (κ2) is 10.9. The number of benzene rings is 6. The molecule has 3 nitrogen and oxygen atoms in total. The molecule has 0 bridgehead atoms. The van der Waals surface area contributed by atoms with E-state index >= 15 is 0 Å². The predicted octanol–water partition coefficient (Wildman–Crippen LogP) is 9.96. The van der Waals surface area contributed by atoms with E-state index in [0.717, 1.165) is 55.4 Å². The molecule has 0 fully saturated rings. The van der Waals surface area contributed by atoms with Gasteiger partial charge in [0.25, 0.3) is 0 Å². The van der Waals surface area contributed by atoms with Gasteiger partial charge in [-0.2, -0.15) is 0 Å². The number of aromatic nitrogens is 1. The van der Waals surface area contributed by atoms with E-state index in [-0.39, 0.29) is 5.82 Å². The quantitative estimate of drug-likeness (QED) is 0.195. The molecule has 1 aliphatic rings. The summed E-state index contributed by atoms with van der Waals surface area (Å²) in [6.07, 6.45) is 2.05. The van der Waals surface area contributed by atoms with E-state index in [1.807, 2.05) is 78.9 Å². The molecule has 2 N–H and O–H groups in total. The Labute approximate surface area is 260 Å². The summed E-state index contributed by atoms with van der Waals surface area (Å²) in [6.45, 7) is 0. The second-order valence-electron chi connectivity index (χ2n) is 11.2. The summed E-state index contributed by atoms with van der Waals surface area (Å²) < 4.78 is 17.2. The van der Waals surface area contributed by atoms with Gasteiger partial charge < -0.3 is 9.88 Å². The molecule has 6 aromatic carbocycles. The summed E-state index contributed by atoms with van der Waals surface area (Å²) >= 11 is 0. The van der Waals surface area contributed by atoms with Crippen LogP contribution < -0.4 is 5.32 Å². The summed E-state index contributed by atoms with van der Waals surface area (Å²) in [5.74, 6) is -0.324. The van der Waals surface area contributed by atoms with Crippen LogP contribution in [0.3, 0.4) is 0 Å². The Morgan fingerprint density at radius 2 is 1.27 bits per heavy atom. The van der Waals surface area contributed by atoms with E-state index in [1.165, 1.54) is 6.07 Å². The lowest BCUT2D eigenvalue weighted by Crippen LogP contribution is -2.20. The summed E-state index contributed by atoms with van der Waals surface area (Å²) in [5, 5.41) is 15.6. The van der Waals surface area contributed by atoms with Gasteiger partial charge in [0.1, 0.15) is 5.82 Å². The maximum absolute atomic E-state index is 14.9. The van der Waals surface area contributed by atoms with Gasteiger partial charge in [0.05, 0.1) is 22.4 Å². The number of rotatable bonds is 5. The van der Waals surface area contributed by atoms with E-state index in [4.69, 9.17) is 0 Å². The van der Waals surface area contributed by atoms with E-state index in [1.54, 1.807) is 6.07 Å². The minimum absolute atomic E-state index is 0.324. The molecule has 214 valence electrons. The Morgan fingerprint density at radius 1 is 0.600 bits per heavy atom. The maximum Gasteiger partial charge on any atom is 0.123 e. The van der Waals surface area contributed by atoms with E-state index in [9.17, 15) is 9.80 Å². The average Bonchev–Trinajstić information content (AvgIpc) is 3.43. The first-order valence-corrected chi connectivity index (χ1v) is 15.0. The number of nitrogens with one attached hydrogen (secondary N) is 2. The van der Waals surface area contributed by atoms with Crippen molar-refractivity contribution in [3.63, 3.8) is 0 Å². The van der Waals surface area contributed by atoms with E-state index in [0.29, 0.717) is 22.5 Å². The summed E-state index contributed by atoms with van der Waals surface area (Å²) in [5.41, 5.74) is 10.1. The van der Waals surface area contributed by atoms with Gasteiger partial charge in [0.15, 0.2) is 0 Å². The first-order chi connectivity index (χ1) is 22.2. The van der Waals surface area contributed by atoms with Crippen LogP contribution in [-0.4, -0.2) is 10.3 Å². The topological polar surface area (TPSA) is 40.8 Å². The van der Waals surface area contributed by atoms with Crippen molar-refractivity contribution >= 4 is 50.6 Å². The summed E-state index contributed by atoms with van der Waals surface area (Å²) in [7, 11) is 0. The van der Waals surface area contributed by atoms with Crippen LogP contribution >= 0.6 is 0 Å². The van der Waals surface area contributed by atoms with Gasteiger partial charge in [0.2, 0.25) is 0 Å². The molecule has 8 rings (SSSR count). The zero-order valence-electron chi connectivity index (χ0n) is 24.3. The smallest absolute Gasteiger partial charge is 0.123 e. The van der Waals surface area contributed by atoms with Crippen molar-refractivity contribution < 1.29 is 4.39 Å². The van der Waals surface area contributed by atoms with Crippen molar-refractivity contribution in [2.45, 2.75) is 0 Å². The van der Waals surface area contributed by atoms with Crippen LogP contribution in [0.25, 0.3) is 50.5 Å². The second-order valence-corrected chi connectivity index (χ2v) is 11.2. The summed E-state index contributed by atoms with van der Waals surface area (Å²) in [4.78, 5) is 0. The van der Waals surface area contributed by atoms with Crippen LogP contribution in [0.15, 0.2) is 152 Å². The molecule has 45 heavy (non-hydrogen) atoms. The van der Waals surface area contributed by atoms with Crippen molar-refractivity contribution in [3.05, 3.63) is 185 Å². The molecule has 0 spiro atoms. The number of hydrogen-bond donors (Lipinski definition) is 2. The van der Waals surface area contributed by atoms with Crippen molar-refractivity contribution in [2.75, 3.05) is 0 Å². The van der Waals surface area contributed by atoms with Crippen LogP contribution in [0.2, 0.25) is 0 Å². The van der Waals surface area contributed by atoms with Gasteiger partial charge >= 0.3 is 0 Å². The molecule has 0 amide bonds. The number of halogens is 1. The minimum atomic E-state index is -0.324. The van der Waals surface area contributed by atoms with Gasteiger partial charge in [0, 0.05) is 38.9 Å². The Morgan fingerprint density at radius 3 is 2.04 bits per heavy atom. The Hall–Kier alpha value is -6.00. The third kappa shape index (κ3) is 4.64. The Kier molecular flexibility index (Phi) is 6.46. The van der Waals surface area contributed by atoms with Crippen molar-refractivity contribution in [1.29, 1.82) is 5.41 Å². The molecule has 0 radical (unpaired) electrons. The van der Waals surface area contributed by atoms with Crippen molar-refractivity contribution in [2.24, 2.45) is 0 Å². The molecule has 0 saturated heterocycles. The Bertz CT molecular complexity index is 2300. The van der Waals surface area contributed by atoms with Crippen molar-refractivity contribution in [3.8, 4) is 5.69 Å². The standard InChI is InChI=1S/C41H28FN3/c42-31-22-20-29-24-36(27-12-4-1-5-13-27)44-41(35(29)26-31)39(40(43)28-14-6-2-7-15-28)30-21-23-34-33-18-10-11-19-37(33)45(38(34)25-30)32-16-8-3-9-17-32/h1-26,43-44H/b41-39-,43-40?. The molecule has 0 unspecified atom stereocenters. The molecular weight excluding hydrogens is 553 g/mol. The highest BCUT2D eigenvalue weighted by Gasteiger charge is 2.25. The summed E-state index contributed by atoms with van der Waals surface area (Å²) in [6, 6.07) is 49.9. The Balaban J connectivity index is 1.44. The molecule has 1 aromatic heterocycles. The fourth-order valence-corrected chi connectivity index (χ4v) is 6.38. The monoisotopic (exact) mass is 581 g/mol.